The van der Waals surface area contributed by atoms with E-state index in [-0.39, 0.29) is 24.4 Å². The number of halogens is 2. The van der Waals surface area contributed by atoms with E-state index < -0.39 is 0 Å². The summed E-state index contributed by atoms with van der Waals surface area (Å²) >= 11 is 3.59. The molecule has 2 heterocycles. The summed E-state index contributed by atoms with van der Waals surface area (Å²) in [6, 6.07) is 12.1. The number of rotatable bonds is 3. The van der Waals surface area contributed by atoms with Crippen LogP contribution in [0.3, 0.4) is 0 Å². The fraction of sp³-hybridized carbons (Fsp3) is 0.421. The number of piperidine rings is 1. The van der Waals surface area contributed by atoms with E-state index in [1.807, 2.05) is 46.8 Å². The average Bonchev–Trinajstić information content (AvgIpc) is 2.96. The number of carbonyl (C=O) groups is 1. The standard InChI is InChI=1S/C19H24BrN3O.ClH/c1-13-9-10-23(14(11-13)12-21)19(24)18-8-7-17(22(18)2)15-5-3-4-6-16(15)20;/h3-8,13-14H,9-12,21H2,1-2H3;1H. The highest BCUT2D eigenvalue weighted by molar-refractivity contribution is 9.10. The smallest absolute Gasteiger partial charge is 0.270 e. The predicted molar refractivity (Wildman–Crippen MR) is 108 cm³/mol. The highest BCUT2D eigenvalue weighted by atomic mass is 79.9. The van der Waals surface area contributed by atoms with Gasteiger partial charge in [0.25, 0.3) is 5.91 Å². The summed E-state index contributed by atoms with van der Waals surface area (Å²) in [6.07, 6.45) is 2.04. The van der Waals surface area contributed by atoms with Gasteiger partial charge in [-0.05, 0) is 37.0 Å². The normalized spacial score (nSPS) is 20.2. The largest absolute Gasteiger partial charge is 0.340 e. The third kappa shape index (κ3) is 3.94. The third-order valence-electron chi connectivity index (χ3n) is 5.00. The molecule has 2 N–H and O–H groups in total. The van der Waals surface area contributed by atoms with E-state index in [1.54, 1.807) is 0 Å². The van der Waals surface area contributed by atoms with E-state index in [0.29, 0.717) is 18.2 Å². The van der Waals surface area contributed by atoms with E-state index in [2.05, 4.69) is 28.9 Å². The molecule has 136 valence electrons. The van der Waals surface area contributed by atoms with Gasteiger partial charge in [-0.2, -0.15) is 0 Å². The average molecular weight is 427 g/mol. The molecule has 1 aromatic heterocycles. The van der Waals surface area contributed by atoms with E-state index in [9.17, 15) is 4.79 Å². The molecule has 1 aliphatic rings. The molecule has 0 bridgehead atoms. The molecule has 1 fully saturated rings. The minimum Gasteiger partial charge on any atom is -0.340 e. The fourth-order valence-corrected chi connectivity index (χ4v) is 4.04. The molecule has 2 aromatic rings. The number of benzene rings is 1. The van der Waals surface area contributed by atoms with Gasteiger partial charge >= 0.3 is 0 Å². The highest BCUT2D eigenvalue weighted by Gasteiger charge is 2.31. The van der Waals surface area contributed by atoms with Crippen molar-refractivity contribution in [3.05, 3.63) is 46.6 Å². The van der Waals surface area contributed by atoms with Crippen molar-refractivity contribution >= 4 is 34.2 Å². The zero-order valence-electron chi connectivity index (χ0n) is 14.6. The minimum atomic E-state index is 0. The monoisotopic (exact) mass is 425 g/mol. The Balaban J connectivity index is 0.00000225. The molecule has 3 rings (SSSR count). The van der Waals surface area contributed by atoms with Gasteiger partial charge in [-0.1, -0.05) is 41.1 Å². The van der Waals surface area contributed by atoms with Crippen molar-refractivity contribution < 1.29 is 4.79 Å². The van der Waals surface area contributed by atoms with E-state index in [0.717, 1.165) is 35.1 Å². The summed E-state index contributed by atoms with van der Waals surface area (Å²) in [5.41, 5.74) is 8.75. The summed E-state index contributed by atoms with van der Waals surface area (Å²) in [6.45, 7) is 3.55. The van der Waals surface area contributed by atoms with Crippen LogP contribution in [0.1, 0.15) is 30.3 Å². The molecule has 2 atom stereocenters. The van der Waals surface area contributed by atoms with Crippen molar-refractivity contribution in [2.24, 2.45) is 18.7 Å². The Kier molecular flexibility index (Phi) is 6.72. The zero-order valence-corrected chi connectivity index (χ0v) is 17.0. The SMILES string of the molecule is CC1CCN(C(=O)c2ccc(-c3ccccc3Br)n2C)C(CN)C1.Cl. The second-order valence-electron chi connectivity index (χ2n) is 6.66. The molecule has 25 heavy (non-hydrogen) atoms. The number of nitrogens with zero attached hydrogens (tertiary/aromatic N) is 2. The van der Waals surface area contributed by atoms with Crippen LogP contribution >= 0.6 is 28.3 Å². The lowest BCUT2D eigenvalue weighted by atomic mass is 9.92. The number of nitrogens with two attached hydrogens (primary N) is 1. The van der Waals surface area contributed by atoms with Gasteiger partial charge in [0.05, 0.1) is 0 Å². The lowest BCUT2D eigenvalue weighted by molar-refractivity contribution is 0.0564. The molecule has 6 heteroatoms. The Bertz CT molecular complexity index is 746. The molecular formula is C19H25BrClN3O. The third-order valence-corrected chi connectivity index (χ3v) is 5.69. The van der Waals surface area contributed by atoms with Crippen molar-refractivity contribution in [3.63, 3.8) is 0 Å². The van der Waals surface area contributed by atoms with Crippen LogP contribution in [-0.2, 0) is 7.05 Å². The molecule has 1 saturated heterocycles. The number of likely N-dealkylation sites (tertiary alicyclic amines) is 1. The van der Waals surface area contributed by atoms with Crippen molar-refractivity contribution in [1.82, 2.24) is 9.47 Å². The van der Waals surface area contributed by atoms with Crippen molar-refractivity contribution in [2.75, 3.05) is 13.1 Å². The summed E-state index contributed by atoms with van der Waals surface area (Å²) in [5, 5.41) is 0. The molecule has 0 radical (unpaired) electrons. The van der Waals surface area contributed by atoms with Gasteiger partial charge < -0.3 is 15.2 Å². The number of hydrogen-bond donors (Lipinski definition) is 1. The first kappa shape index (κ1) is 20.0. The number of carbonyl (C=O) groups excluding carboxylic acids is 1. The van der Waals surface area contributed by atoms with Gasteiger partial charge in [0.1, 0.15) is 5.69 Å². The molecule has 1 aromatic carbocycles. The van der Waals surface area contributed by atoms with Crippen LogP contribution in [-0.4, -0.2) is 34.5 Å². The molecule has 1 amide bonds. The fourth-order valence-electron chi connectivity index (χ4n) is 3.55. The number of aromatic nitrogens is 1. The van der Waals surface area contributed by atoms with Crippen molar-refractivity contribution in [1.29, 1.82) is 0 Å². The Morgan fingerprint density at radius 2 is 2.00 bits per heavy atom. The Morgan fingerprint density at radius 1 is 1.28 bits per heavy atom. The maximum absolute atomic E-state index is 13.1. The molecule has 2 unspecified atom stereocenters. The highest BCUT2D eigenvalue weighted by Crippen LogP contribution is 2.30. The first-order chi connectivity index (χ1) is 11.5. The maximum Gasteiger partial charge on any atom is 0.270 e. The quantitative estimate of drug-likeness (QED) is 0.804. The first-order valence-electron chi connectivity index (χ1n) is 8.44. The summed E-state index contributed by atoms with van der Waals surface area (Å²) in [4.78, 5) is 15.0. The van der Waals surface area contributed by atoms with Crippen molar-refractivity contribution in [3.8, 4) is 11.3 Å². The van der Waals surface area contributed by atoms with Crippen LogP contribution in [0.15, 0.2) is 40.9 Å². The van der Waals surface area contributed by atoms with Crippen LogP contribution in [0.5, 0.6) is 0 Å². The molecule has 0 saturated carbocycles. The van der Waals surface area contributed by atoms with Gasteiger partial charge in [-0.15, -0.1) is 12.4 Å². The molecule has 1 aliphatic heterocycles. The molecule has 0 spiro atoms. The van der Waals surface area contributed by atoms with Crippen molar-refractivity contribution in [2.45, 2.75) is 25.8 Å². The Morgan fingerprint density at radius 3 is 2.68 bits per heavy atom. The Hall–Kier alpha value is -1.30. The maximum atomic E-state index is 13.1. The molecule has 0 aliphatic carbocycles. The number of amides is 1. The second-order valence-corrected chi connectivity index (χ2v) is 7.51. The topological polar surface area (TPSA) is 51.3 Å². The van der Waals surface area contributed by atoms with Crippen LogP contribution < -0.4 is 5.73 Å². The zero-order chi connectivity index (χ0) is 17.3. The van der Waals surface area contributed by atoms with E-state index >= 15 is 0 Å². The van der Waals surface area contributed by atoms with Crippen LogP contribution in [0.4, 0.5) is 0 Å². The lowest BCUT2D eigenvalue weighted by Crippen LogP contribution is -2.49. The molecule has 4 nitrogen and oxygen atoms in total. The van der Waals surface area contributed by atoms with Gasteiger partial charge in [0, 0.05) is 41.9 Å². The van der Waals surface area contributed by atoms with E-state index in [1.165, 1.54) is 0 Å². The summed E-state index contributed by atoms with van der Waals surface area (Å²) in [7, 11) is 1.95. The van der Waals surface area contributed by atoms with Gasteiger partial charge in [-0.3, -0.25) is 4.79 Å². The summed E-state index contributed by atoms with van der Waals surface area (Å²) in [5.74, 6) is 0.713. The van der Waals surface area contributed by atoms with Gasteiger partial charge in [-0.25, -0.2) is 0 Å². The summed E-state index contributed by atoms with van der Waals surface area (Å²) < 4.78 is 3.01. The van der Waals surface area contributed by atoms with Gasteiger partial charge in [0.2, 0.25) is 0 Å². The van der Waals surface area contributed by atoms with Gasteiger partial charge in [0.15, 0.2) is 0 Å². The Labute approximate surface area is 163 Å². The second kappa shape index (κ2) is 8.39. The lowest BCUT2D eigenvalue weighted by Gasteiger charge is -2.38. The van der Waals surface area contributed by atoms with Crippen LogP contribution in [0.25, 0.3) is 11.3 Å². The van der Waals surface area contributed by atoms with E-state index in [4.69, 9.17) is 5.73 Å². The van der Waals surface area contributed by atoms with Crippen LogP contribution in [0, 0.1) is 5.92 Å². The van der Waals surface area contributed by atoms with Crippen LogP contribution in [0.2, 0.25) is 0 Å². The minimum absolute atomic E-state index is 0. The first-order valence-corrected chi connectivity index (χ1v) is 9.24. The predicted octanol–water partition coefficient (Wildman–Crippen LogP) is 4.08. The molecular weight excluding hydrogens is 402 g/mol. The number of hydrogen-bond acceptors (Lipinski definition) is 2.